The summed E-state index contributed by atoms with van der Waals surface area (Å²) < 4.78 is 1.65. The van der Waals surface area contributed by atoms with Gasteiger partial charge in [-0.3, -0.25) is 9.48 Å². The van der Waals surface area contributed by atoms with Gasteiger partial charge in [0, 0.05) is 26.2 Å². The normalized spacial score (nSPS) is 10.2. The van der Waals surface area contributed by atoms with Crippen molar-refractivity contribution in [1.29, 1.82) is 0 Å². The van der Waals surface area contributed by atoms with E-state index in [0.29, 0.717) is 17.9 Å². The molecular formula is C9H17N5O. The zero-order valence-electron chi connectivity index (χ0n) is 8.86. The van der Waals surface area contributed by atoms with Crippen molar-refractivity contribution in [3.63, 3.8) is 0 Å². The van der Waals surface area contributed by atoms with Crippen molar-refractivity contribution in [2.75, 3.05) is 17.6 Å². The summed E-state index contributed by atoms with van der Waals surface area (Å²) in [6, 6.07) is 0. The van der Waals surface area contributed by atoms with Crippen molar-refractivity contribution < 1.29 is 4.79 Å². The van der Waals surface area contributed by atoms with E-state index in [1.165, 1.54) is 0 Å². The average Bonchev–Trinajstić information content (AvgIpc) is 2.44. The summed E-state index contributed by atoms with van der Waals surface area (Å²) in [5.41, 5.74) is 11.3. The Balaban J connectivity index is 2.20. The Bertz CT molecular complexity index is 333. The zero-order chi connectivity index (χ0) is 11.3. The molecule has 84 valence electrons. The molecule has 0 atom stereocenters. The third-order valence-corrected chi connectivity index (χ3v) is 2.00. The van der Waals surface area contributed by atoms with Gasteiger partial charge < -0.3 is 16.8 Å². The molecule has 1 rings (SSSR count). The van der Waals surface area contributed by atoms with Crippen LogP contribution in [-0.2, 0) is 11.8 Å². The fourth-order valence-electron chi connectivity index (χ4n) is 1.28. The van der Waals surface area contributed by atoms with Crippen molar-refractivity contribution in [2.45, 2.75) is 19.3 Å². The lowest BCUT2D eigenvalue weighted by Crippen LogP contribution is -2.11. The molecule has 1 aromatic rings. The number of carbonyl (C=O) groups is 1. The summed E-state index contributed by atoms with van der Waals surface area (Å²) in [5.74, 6) is 0.434. The number of nitrogens with zero attached hydrogens (tertiary/aromatic N) is 2. The second-order valence-electron chi connectivity index (χ2n) is 3.46. The Labute approximate surface area is 88.6 Å². The standard InChI is InChI=1S/C9H17N5O/c1-14-6-7(10)9(13-14)12-5-3-2-4-8(11)15/h6H,2-5,10H2,1H3,(H2,11,15)(H,12,13). The van der Waals surface area contributed by atoms with E-state index in [0.717, 1.165) is 19.4 Å². The summed E-state index contributed by atoms with van der Waals surface area (Å²) >= 11 is 0. The maximum absolute atomic E-state index is 10.5. The lowest BCUT2D eigenvalue weighted by molar-refractivity contribution is -0.118. The van der Waals surface area contributed by atoms with Gasteiger partial charge in [-0.05, 0) is 12.8 Å². The number of amides is 1. The second-order valence-corrected chi connectivity index (χ2v) is 3.46. The van der Waals surface area contributed by atoms with Gasteiger partial charge in [-0.25, -0.2) is 0 Å². The van der Waals surface area contributed by atoms with E-state index >= 15 is 0 Å². The summed E-state index contributed by atoms with van der Waals surface area (Å²) in [6.07, 6.45) is 3.83. The molecule has 0 saturated carbocycles. The van der Waals surface area contributed by atoms with Crippen molar-refractivity contribution in [3.8, 4) is 0 Å². The first-order valence-electron chi connectivity index (χ1n) is 4.91. The van der Waals surface area contributed by atoms with Gasteiger partial charge in [0.05, 0.1) is 5.69 Å². The Morgan fingerprint density at radius 3 is 2.87 bits per heavy atom. The summed E-state index contributed by atoms with van der Waals surface area (Å²) in [4.78, 5) is 10.5. The number of anilines is 2. The summed E-state index contributed by atoms with van der Waals surface area (Å²) in [7, 11) is 1.81. The lowest BCUT2D eigenvalue weighted by Gasteiger charge is -2.02. The number of nitrogen functional groups attached to an aromatic ring is 1. The molecule has 0 aliphatic carbocycles. The number of nitrogens with one attached hydrogen (secondary N) is 1. The molecule has 0 aliphatic heterocycles. The number of hydrogen-bond acceptors (Lipinski definition) is 4. The first-order chi connectivity index (χ1) is 7.09. The number of nitrogens with two attached hydrogens (primary N) is 2. The average molecular weight is 211 g/mol. The van der Waals surface area contributed by atoms with Crippen LogP contribution in [0.5, 0.6) is 0 Å². The van der Waals surface area contributed by atoms with Gasteiger partial charge in [0.2, 0.25) is 5.91 Å². The van der Waals surface area contributed by atoms with Crippen LogP contribution in [0.25, 0.3) is 0 Å². The van der Waals surface area contributed by atoms with Crippen LogP contribution in [0.3, 0.4) is 0 Å². The van der Waals surface area contributed by atoms with Crippen molar-refractivity contribution in [1.82, 2.24) is 9.78 Å². The topological polar surface area (TPSA) is 99.0 Å². The fourth-order valence-corrected chi connectivity index (χ4v) is 1.28. The molecule has 0 saturated heterocycles. The quantitative estimate of drug-likeness (QED) is 0.580. The molecule has 0 fully saturated rings. The van der Waals surface area contributed by atoms with Gasteiger partial charge in [-0.15, -0.1) is 0 Å². The maximum Gasteiger partial charge on any atom is 0.217 e. The zero-order valence-corrected chi connectivity index (χ0v) is 8.86. The van der Waals surface area contributed by atoms with Gasteiger partial charge in [-0.2, -0.15) is 5.10 Å². The molecule has 0 aromatic carbocycles. The molecule has 0 radical (unpaired) electrons. The summed E-state index contributed by atoms with van der Waals surface area (Å²) in [5, 5.41) is 7.23. The highest BCUT2D eigenvalue weighted by Crippen LogP contribution is 2.13. The van der Waals surface area contributed by atoms with Crippen LogP contribution in [0.4, 0.5) is 11.5 Å². The number of unbranched alkanes of at least 4 members (excludes halogenated alkanes) is 1. The van der Waals surface area contributed by atoms with Crippen molar-refractivity contribution in [2.24, 2.45) is 12.8 Å². The third-order valence-electron chi connectivity index (χ3n) is 2.00. The number of hydrogen-bond donors (Lipinski definition) is 3. The minimum atomic E-state index is -0.257. The SMILES string of the molecule is Cn1cc(N)c(NCCCCC(N)=O)n1. The molecule has 1 heterocycles. The van der Waals surface area contributed by atoms with Gasteiger partial charge >= 0.3 is 0 Å². The highest BCUT2D eigenvalue weighted by molar-refractivity contribution is 5.73. The number of aromatic nitrogens is 2. The van der Waals surface area contributed by atoms with Crippen LogP contribution in [0.2, 0.25) is 0 Å². The summed E-state index contributed by atoms with van der Waals surface area (Å²) in [6.45, 7) is 0.745. The minimum Gasteiger partial charge on any atom is -0.394 e. The van der Waals surface area contributed by atoms with Crippen molar-refractivity contribution >= 4 is 17.4 Å². The van der Waals surface area contributed by atoms with E-state index in [-0.39, 0.29) is 5.91 Å². The Kier molecular flexibility index (Phi) is 3.96. The first-order valence-corrected chi connectivity index (χ1v) is 4.91. The Morgan fingerprint density at radius 2 is 2.33 bits per heavy atom. The van der Waals surface area contributed by atoms with Crippen LogP contribution >= 0.6 is 0 Å². The molecule has 1 amide bonds. The maximum atomic E-state index is 10.5. The van der Waals surface area contributed by atoms with Gasteiger partial charge in [0.1, 0.15) is 0 Å². The van der Waals surface area contributed by atoms with E-state index in [1.54, 1.807) is 10.9 Å². The molecule has 5 N–H and O–H groups in total. The highest BCUT2D eigenvalue weighted by atomic mass is 16.1. The van der Waals surface area contributed by atoms with E-state index in [9.17, 15) is 4.79 Å². The second kappa shape index (κ2) is 5.23. The smallest absolute Gasteiger partial charge is 0.217 e. The van der Waals surface area contributed by atoms with E-state index in [4.69, 9.17) is 11.5 Å². The van der Waals surface area contributed by atoms with E-state index in [2.05, 4.69) is 10.4 Å². The Hall–Kier alpha value is -1.72. The predicted molar refractivity (Wildman–Crippen MR) is 59.2 cm³/mol. The largest absolute Gasteiger partial charge is 0.394 e. The van der Waals surface area contributed by atoms with Crippen LogP contribution in [0, 0.1) is 0 Å². The molecule has 1 aromatic heterocycles. The number of aryl methyl sites for hydroxylation is 1. The van der Waals surface area contributed by atoms with E-state index < -0.39 is 0 Å². The molecule has 0 unspecified atom stereocenters. The van der Waals surface area contributed by atoms with Crippen LogP contribution in [0.1, 0.15) is 19.3 Å². The fraction of sp³-hybridized carbons (Fsp3) is 0.556. The van der Waals surface area contributed by atoms with Crippen molar-refractivity contribution in [3.05, 3.63) is 6.20 Å². The van der Waals surface area contributed by atoms with Gasteiger partial charge in [0.25, 0.3) is 0 Å². The third kappa shape index (κ3) is 3.88. The molecular weight excluding hydrogens is 194 g/mol. The first kappa shape index (κ1) is 11.4. The van der Waals surface area contributed by atoms with Gasteiger partial charge in [-0.1, -0.05) is 0 Å². The minimum absolute atomic E-state index is 0.257. The van der Waals surface area contributed by atoms with Crippen LogP contribution in [0.15, 0.2) is 6.20 Å². The molecule has 0 bridgehead atoms. The van der Waals surface area contributed by atoms with Gasteiger partial charge in [0.15, 0.2) is 5.82 Å². The van der Waals surface area contributed by atoms with Crippen LogP contribution in [-0.4, -0.2) is 22.2 Å². The molecule has 0 aliphatic rings. The molecule has 6 nitrogen and oxygen atoms in total. The highest BCUT2D eigenvalue weighted by Gasteiger charge is 2.02. The Morgan fingerprint density at radius 1 is 1.60 bits per heavy atom. The number of rotatable bonds is 6. The molecule has 6 heteroatoms. The lowest BCUT2D eigenvalue weighted by atomic mass is 10.2. The number of carbonyl (C=O) groups excluding carboxylic acids is 1. The molecule has 15 heavy (non-hydrogen) atoms. The predicted octanol–water partition coefficient (Wildman–Crippen LogP) is 0.0698. The van der Waals surface area contributed by atoms with Crippen LogP contribution < -0.4 is 16.8 Å². The van der Waals surface area contributed by atoms with E-state index in [1.807, 2.05) is 7.05 Å². The monoisotopic (exact) mass is 211 g/mol. The molecule has 0 spiro atoms. The number of primary amides is 1.